The summed E-state index contributed by atoms with van der Waals surface area (Å²) < 4.78 is 5.27. The highest BCUT2D eigenvalue weighted by atomic mass is 16.5. The highest BCUT2D eigenvalue weighted by Crippen LogP contribution is 2.26. The van der Waals surface area contributed by atoms with E-state index in [9.17, 15) is 14.7 Å². The zero-order valence-electron chi connectivity index (χ0n) is 15.5. The standard InChI is InChI=1S/C20H20N4O4/c1-12-6-15(11-24(12)20(26)27)23-19(25)16-8-17(22-10-18(16)28-2)14-5-3-4-13(7-14)9-21/h3-5,7-8,10,12,15H,6,11H2,1-2H3,(H,23,25)(H,26,27)/t12-,15-/m1/s1. The summed E-state index contributed by atoms with van der Waals surface area (Å²) in [5.74, 6) is -0.0415. The van der Waals surface area contributed by atoms with Crippen LogP contribution in [0.2, 0.25) is 0 Å². The molecule has 0 bridgehead atoms. The van der Waals surface area contributed by atoms with Crippen LogP contribution in [0.1, 0.15) is 29.3 Å². The van der Waals surface area contributed by atoms with E-state index in [4.69, 9.17) is 10.00 Å². The molecule has 0 radical (unpaired) electrons. The quantitative estimate of drug-likeness (QED) is 0.842. The predicted molar refractivity (Wildman–Crippen MR) is 101 cm³/mol. The van der Waals surface area contributed by atoms with Crippen molar-refractivity contribution in [1.29, 1.82) is 5.26 Å². The van der Waals surface area contributed by atoms with Crippen molar-refractivity contribution in [3.8, 4) is 23.1 Å². The van der Waals surface area contributed by atoms with Crippen LogP contribution in [0, 0.1) is 11.3 Å². The van der Waals surface area contributed by atoms with E-state index >= 15 is 0 Å². The van der Waals surface area contributed by atoms with Crippen molar-refractivity contribution < 1.29 is 19.4 Å². The van der Waals surface area contributed by atoms with Crippen LogP contribution in [-0.4, -0.2) is 52.7 Å². The van der Waals surface area contributed by atoms with Gasteiger partial charge in [-0.05, 0) is 31.5 Å². The summed E-state index contributed by atoms with van der Waals surface area (Å²) in [6.45, 7) is 2.06. The number of benzene rings is 1. The van der Waals surface area contributed by atoms with Gasteiger partial charge in [-0.3, -0.25) is 9.78 Å². The minimum Gasteiger partial charge on any atom is -0.494 e. The van der Waals surface area contributed by atoms with Crippen molar-refractivity contribution in [2.24, 2.45) is 0 Å². The average Bonchev–Trinajstić information content (AvgIpc) is 3.07. The summed E-state index contributed by atoms with van der Waals surface area (Å²) in [6.07, 6.45) is 1.01. The number of nitriles is 1. The van der Waals surface area contributed by atoms with E-state index in [1.807, 2.05) is 6.92 Å². The molecule has 0 saturated carbocycles. The lowest BCUT2D eigenvalue weighted by atomic mass is 10.1. The van der Waals surface area contributed by atoms with Gasteiger partial charge in [0, 0.05) is 24.2 Å². The number of aromatic nitrogens is 1. The summed E-state index contributed by atoms with van der Waals surface area (Å²) >= 11 is 0. The third-order valence-electron chi connectivity index (χ3n) is 4.78. The number of pyridine rings is 1. The maximum Gasteiger partial charge on any atom is 0.407 e. The number of carbonyl (C=O) groups is 2. The van der Waals surface area contributed by atoms with Gasteiger partial charge in [-0.1, -0.05) is 12.1 Å². The van der Waals surface area contributed by atoms with E-state index < -0.39 is 6.09 Å². The third-order valence-corrected chi connectivity index (χ3v) is 4.78. The van der Waals surface area contributed by atoms with Gasteiger partial charge in [0.2, 0.25) is 0 Å². The third kappa shape index (κ3) is 3.88. The summed E-state index contributed by atoms with van der Waals surface area (Å²) in [7, 11) is 1.45. The fraction of sp³-hybridized carbons (Fsp3) is 0.300. The van der Waals surface area contributed by atoms with Crippen LogP contribution in [0.15, 0.2) is 36.5 Å². The van der Waals surface area contributed by atoms with E-state index in [0.29, 0.717) is 34.6 Å². The van der Waals surface area contributed by atoms with E-state index in [0.717, 1.165) is 0 Å². The topological polar surface area (TPSA) is 116 Å². The van der Waals surface area contributed by atoms with Crippen molar-refractivity contribution in [3.05, 3.63) is 47.7 Å². The van der Waals surface area contributed by atoms with E-state index in [-0.39, 0.29) is 24.5 Å². The number of likely N-dealkylation sites (tertiary alicyclic amines) is 1. The Labute approximate surface area is 162 Å². The molecule has 2 amide bonds. The number of hydrogen-bond acceptors (Lipinski definition) is 5. The maximum atomic E-state index is 12.8. The van der Waals surface area contributed by atoms with E-state index in [1.54, 1.807) is 30.3 Å². The molecule has 1 aliphatic heterocycles. The van der Waals surface area contributed by atoms with Crippen molar-refractivity contribution >= 4 is 12.0 Å². The van der Waals surface area contributed by atoms with Crippen LogP contribution in [0.5, 0.6) is 5.75 Å². The second-order valence-corrected chi connectivity index (χ2v) is 6.65. The summed E-state index contributed by atoms with van der Waals surface area (Å²) in [5.41, 5.74) is 2.04. The smallest absolute Gasteiger partial charge is 0.407 e. The van der Waals surface area contributed by atoms with Gasteiger partial charge in [0.25, 0.3) is 5.91 Å². The second kappa shape index (κ2) is 7.96. The van der Waals surface area contributed by atoms with Crippen molar-refractivity contribution in [2.75, 3.05) is 13.7 Å². The molecule has 144 valence electrons. The Morgan fingerprint density at radius 1 is 1.39 bits per heavy atom. The first-order valence-corrected chi connectivity index (χ1v) is 8.78. The van der Waals surface area contributed by atoms with Crippen molar-refractivity contribution in [2.45, 2.75) is 25.4 Å². The normalized spacial score (nSPS) is 18.4. The van der Waals surface area contributed by atoms with Gasteiger partial charge in [-0.25, -0.2) is 4.79 Å². The number of hydrogen-bond donors (Lipinski definition) is 2. The largest absolute Gasteiger partial charge is 0.494 e. The molecule has 1 fully saturated rings. The molecular weight excluding hydrogens is 360 g/mol. The molecule has 0 unspecified atom stereocenters. The number of nitrogens with one attached hydrogen (secondary N) is 1. The molecular formula is C20H20N4O4. The number of carbonyl (C=O) groups excluding carboxylic acids is 1. The molecule has 2 heterocycles. The molecule has 2 N–H and O–H groups in total. The lowest BCUT2D eigenvalue weighted by Crippen LogP contribution is -2.38. The fourth-order valence-corrected chi connectivity index (χ4v) is 3.35. The lowest BCUT2D eigenvalue weighted by Gasteiger charge is -2.17. The molecule has 1 aliphatic rings. The Balaban J connectivity index is 1.85. The summed E-state index contributed by atoms with van der Waals surface area (Å²) in [4.78, 5) is 29.7. The molecule has 1 aromatic carbocycles. The Morgan fingerprint density at radius 2 is 2.18 bits per heavy atom. The first-order valence-electron chi connectivity index (χ1n) is 8.78. The van der Waals surface area contributed by atoms with E-state index in [1.165, 1.54) is 18.2 Å². The van der Waals surface area contributed by atoms with Gasteiger partial charge in [0.1, 0.15) is 5.75 Å². The zero-order chi connectivity index (χ0) is 20.3. The summed E-state index contributed by atoms with van der Waals surface area (Å²) in [5, 5.41) is 21.2. The minimum absolute atomic E-state index is 0.161. The molecule has 28 heavy (non-hydrogen) atoms. The number of amides is 2. The van der Waals surface area contributed by atoms with Crippen LogP contribution >= 0.6 is 0 Å². The number of nitrogens with zero attached hydrogens (tertiary/aromatic N) is 3. The molecule has 2 aromatic rings. The molecule has 1 saturated heterocycles. The minimum atomic E-state index is -0.995. The lowest BCUT2D eigenvalue weighted by molar-refractivity contribution is 0.0932. The molecule has 8 nitrogen and oxygen atoms in total. The molecule has 2 atom stereocenters. The van der Waals surface area contributed by atoms with Crippen molar-refractivity contribution in [1.82, 2.24) is 15.2 Å². The van der Waals surface area contributed by atoms with Gasteiger partial charge in [0.15, 0.2) is 0 Å². The zero-order valence-corrected chi connectivity index (χ0v) is 15.5. The monoisotopic (exact) mass is 380 g/mol. The Kier molecular flexibility index (Phi) is 5.45. The van der Waals surface area contributed by atoms with Gasteiger partial charge in [0.05, 0.1) is 36.2 Å². The average molecular weight is 380 g/mol. The molecule has 1 aromatic heterocycles. The number of methoxy groups -OCH3 is 1. The van der Waals surface area contributed by atoms with Crippen LogP contribution in [0.4, 0.5) is 4.79 Å². The van der Waals surface area contributed by atoms with Crippen LogP contribution in [0.25, 0.3) is 11.3 Å². The maximum absolute atomic E-state index is 12.8. The number of rotatable bonds is 4. The van der Waals surface area contributed by atoms with Gasteiger partial charge in [-0.15, -0.1) is 0 Å². The Bertz CT molecular complexity index is 953. The molecule has 0 aliphatic carbocycles. The highest BCUT2D eigenvalue weighted by molar-refractivity contribution is 5.98. The van der Waals surface area contributed by atoms with Gasteiger partial charge >= 0.3 is 6.09 Å². The fourth-order valence-electron chi connectivity index (χ4n) is 3.35. The van der Waals surface area contributed by atoms with Gasteiger partial charge < -0.3 is 20.1 Å². The van der Waals surface area contributed by atoms with Crippen LogP contribution < -0.4 is 10.1 Å². The number of carboxylic acid groups (broad SMARTS) is 1. The second-order valence-electron chi connectivity index (χ2n) is 6.65. The molecule has 8 heteroatoms. The molecule has 3 rings (SSSR count). The molecule has 0 spiro atoms. The first kappa shape index (κ1) is 19.2. The van der Waals surface area contributed by atoms with Crippen LogP contribution in [-0.2, 0) is 0 Å². The highest BCUT2D eigenvalue weighted by Gasteiger charge is 2.33. The Morgan fingerprint density at radius 3 is 2.82 bits per heavy atom. The summed E-state index contributed by atoms with van der Waals surface area (Å²) in [6, 6.07) is 10.2. The van der Waals surface area contributed by atoms with E-state index in [2.05, 4.69) is 16.4 Å². The van der Waals surface area contributed by atoms with Crippen molar-refractivity contribution in [3.63, 3.8) is 0 Å². The predicted octanol–water partition coefficient (Wildman–Crippen LogP) is 2.50. The first-order chi connectivity index (χ1) is 13.4. The van der Waals surface area contributed by atoms with Gasteiger partial charge in [-0.2, -0.15) is 5.26 Å². The number of ether oxygens (including phenoxy) is 1. The van der Waals surface area contributed by atoms with Crippen LogP contribution in [0.3, 0.4) is 0 Å². The Hall–Kier alpha value is -3.60. The SMILES string of the molecule is COc1cnc(-c2cccc(C#N)c2)cc1C(=O)N[C@@H]1C[C@@H](C)N(C(=O)O)C1.